The summed E-state index contributed by atoms with van der Waals surface area (Å²) in [6, 6.07) is 20.4. The molecular weight excluding hydrogens is 366 g/mol. The third-order valence-electron chi connectivity index (χ3n) is 4.54. The Kier molecular flexibility index (Phi) is 6.29. The minimum Gasteiger partial charge on any atom is -0.494 e. The van der Waals surface area contributed by atoms with Gasteiger partial charge in [0.2, 0.25) is 0 Å². The molecule has 0 atom stereocenters. The van der Waals surface area contributed by atoms with Crippen LogP contribution in [0.4, 0.5) is 5.69 Å². The first-order chi connectivity index (χ1) is 14.0. The number of hydrogen-bond donors (Lipinski definition) is 1. The summed E-state index contributed by atoms with van der Waals surface area (Å²) in [7, 11) is 1.31. The van der Waals surface area contributed by atoms with Crippen LogP contribution in [0.3, 0.4) is 0 Å². The molecule has 148 valence electrons. The molecule has 0 unspecified atom stereocenters. The first-order valence-electron chi connectivity index (χ1n) is 9.36. The SMILES string of the molecule is CCOc1ccc(C)c(C(=O)Nc2cc(-c3ccccc3)ccc2C(=O)OC)c1. The second-order valence-corrected chi connectivity index (χ2v) is 6.48. The molecule has 0 aliphatic rings. The maximum absolute atomic E-state index is 13.0. The van der Waals surface area contributed by atoms with E-state index in [1.165, 1.54) is 7.11 Å². The monoisotopic (exact) mass is 389 g/mol. The minimum absolute atomic E-state index is 0.291. The van der Waals surface area contributed by atoms with E-state index in [0.29, 0.717) is 29.2 Å². The largest absolute Gasteiger partial charge is 0.494 e. The second-order valence-electron chi connectivity index (χ2n) is 6.48. The summed E-state index contributed by atoms with van der Waals surface area (Å²) in [6.45, 7) is 4.25. The fourth-order valence-corrected chi connectivity index (χ4v) is 3.04. The molecular formula is C24H23NO4. The van der Waals surface area contributed by atoms with Crippen LogP contribution in [0.2, 0.25) is 0 Å². The van der Waals surface area contributed by atoms with E-state index in [2.05, 4.69) is 5.32 Å². The van der Waals surface area contributed by atoms with Crippen molar-refractivity contribution in [1.29, 1.82) is 0 Å². The summed E-state index contributed by atoms with van der Waals surface area (Å²) in [5, 5.41) is 2.87. The molecule has 0 aromatic heterocycles. The van der Waals surface area contributed by atoms with Crippen LogP contribution in [0, 0.1) is 6.92 Å². The molecule has 1 N–H and O–H groups in total. The lowest BCUT2D eigenvalue weighted by Gasteiger charge is -2.14. The van der Waals surface area contributed by atoms with Gasteiger partial charge in [-0.3, -0.25) is 4.79 Å². The van der Waals surface area contributed by atoms with Gasteiger partial charge < -0.3 is 14.8 Å². The predicted octanol–water partition coefficient (Wildman–Crippen LogP) is 5.10. The topological polar surface area (TPSA) is 64.6 Å². The lowest BCUT2D eigenvalue weighted by atomic mass is 10.0. The van der Waals surface area contributed by atoms with Crippen molar-refractivity contribution in [2.24, 2.45) is 0 Å². The number of amides is 1. The summed E-state index contributed by atoms with van der Waals surface area (Å²) in [4.78, 5) is 25.2. The van der Waals surface area contributed by atoms with Gasteiger partial charge in [-0.1, -0.05) is 42.5 Å². The number of ether oxygens (including phenoxy) is 2. The highest BCUT2D eigenvalue weighted by atomic mass is 16.5. The molecule has 0 aliphatic heterocycles. The third-order valence-corrected chi connectivity index (χ3v) is 4.54. The Balaban J connectivity index is 1.99. The van der Waals surface area contributed by atoms with Gasteiger partial charge in [0, 0.05) is 5.56 Å². The van der Waals surface area contributed by atoms with E-state index < -0.39 is 5.97 Å². The number of rotatable bonds is 6. The average Bonchev–Trinajstić information content (AvgIpc) is 2.75. The number of carbonyl (C=O) groups excluding carboxylic acids is 2. The first-order valence-corrected chi connectivity index (χ1v) is 9.36. The van der Waals surface area contributed by atoms with Crippen LogP contribution in [-0.2, 0) is 4.74 Å². The van der Waals surface area contributed by atoms with Crippen LogP contribution >= 0.6 is 0 Å². The van der Waals surface area contributed by atoms with Crippen molar-refractivity contribution in [2.45, 2.75) is 13.8 Å². The Labute approximate surface area is 170 Å². The molecule has 1 amide bonds. The summed E-state index contributed by atoms with van der Waals surface area (Å²) >= 11 is 0. The zero-order valence-electron chi connectivity index (χ0n) is 16.7. The van der Waals surface area contributed by atoms with Crippen molar-refractivity contribution in [1.82, 2.24) is 0 Å². The number of carbonyl (C=O) groups is 2. The van der Waals surface area contributed by atoms with E-state index in [1.54, 1.807) is 18.2 Å². The highest BCUT2D eigenvalue weighted by molar-refractivity contribution is 6.09. The smallest absolute Gasteiger partial charge is 0.339 e. The molecule has 0 radical (unpaired) electrons. The zero-order valence-corrected chi connectivity index (χ0v) is 16.7. The first kappa shape index (κ1) is 20.1. The Morgan fingerprint density at radius 3 is 2.34 bits per heavy atom. The van der Waals surface area contributed by atoms with E-state index in [9.17, 15) is 9.59 Å². The Morgan fingerprint density at radius 1 is 0.897 bits per heavy atom. The van der Waals surface area contributed by atoms with Crippen molar-refractivity contribution >= 4 is 17.6 Å². The van der Waals surface area contributed by atoms with Crippen LogP contribution in [0.1, 0.15) is 33.2 Å². The fourth-order valence-electron chi connectivity index (χ4n) is 3.04. The molecule has 0 spiro atoms. The van der Waals surface area contributed by atoms with Gasteiger partial charge in [-0.05, 0) is 54.8 Å². The van der Waals surface area contributed by atoms with E-state index in [4.69, 9.17) is 9.47 Å². The molecule has 0 aliphatic carbocycles. The van der Waals surface area contributed by atoms with Gasteiger partial charge in [-0.25, -0.2) is 4.79 Å². The maximum Gasteiger partial charge on any atom is 0.339 e. The average molecular weight is 389 g/mol. The number of benzene rings is 3. The summed E-state index contributed by atoms with van der Waals surface area (Å²) in [5.41, 5.74) is 3.84. The van der Waals surface area contributed by atoms with E-state index in [-0.39, 0.29) is 5.91 Å². The van der Waals surface area contributed by atoms with Crippen LogP contribution in [0.15, 0.2) is 66.7 Å². The molecule has 0 fully saturated rings. The molecule has 0 saturated carbocycles. The Morgan fingerprint density at radius 2 is 1.66 bits per heavy atom. The van der Waals surface area contributed by atoms with Gasteiger partial charge in [0.15, 0.2) is 0 Å². The fraction of sp³-hybridized carbons (Fsp3) is 0.167. The normalized spacial score (nSPS) is 10.3. The number of aryl methyl sites for hydroxylation is 1. The van der Waals surface area contributed by atoms with E-state index >= 15 is 0 Å². The molecule has 3 aromatic carbocycles. The van der Waals surface area contributed by atoms with Gasteiger partial charge in [-0.15, -0.1) is 0 Å². The Hall–Kier alpha value is -3.60. The second kappa shape index (κ2) is 9.06. The van der Waals surface area contributed by atoms with Gasteiger partial charge >= 0.3 is 5.97 Å². The molecule has 5 nitrogen and oxygen atoms in total. The highest BCUT2D eigenvalue weighted by Crippen LogP contribution is 2.27. The minimum atomic E-state index is -0.514. The summed E-state index contributed by atoms with van der Waals surface area (Å²) < 4.78 is 10.4. The number of nitrogens with one attached hydrogen (secondary N) is 1. The number of methoxy groups -OCH3 is 1. The standard InChI is InChI=1S/C24H23NO4/c1-4-29-19-12-10-16(2)21(15-19)23(26)25-22-14-18(17-8-6-5-7-9-17)11-13-20(22)24(27)28-3/h5-15H,4H2,1-3H3,(H,25,26). The summed E-state index contributed by atoms with van der Waals surface area (Å²) in [5.74, 6) is -0.214. The van der Waals surface area contributed by atoms with Crippen LogP contribution in [-0.4, -0.2) is 25.6 Å². The lowest BCUT2D eigenvalue weighted by molar-refractivity contribution is 0.0602. The summed E-state index contributed by atoms with van der Waals surface area (Å²) in [6.07, 6.45) is 0. The third kappa shape index (κ3) is 4.63. The van der Waals surface area contributed by atoms with Crippen molar-refractivity contribution in [3.05, 3.63) is 83.4 Å². The molecule has 29 heavy (non-hydrogen) atoms. The van der Waals surface area contributed by atoms with Crippen LogP contribution in [0.25, 0.3) is 11.1 Å². The zero-order chi connectivity index (χ0) is 20.8. The predicted molar refractivity (Wildman–Crippen MR) is 114 cm³/mol. The molecule has 3 aromatic rings. The van der Waals surface area contributed by atoms with Crippen LogP contribution in [0.5, 0.6) is 5.75 Å². The molecule has 5 heteroatoms. The van der Waals surface area contributed by atoms with Gasteiger partial charge in [0.25, 0.3) is 5.91 Å². The van der Waals surface area contributed by atoms with Gasteiger partial charge in [-0.2, -0.15) is 0 Å². The molecule has 0 bridgehead atoms. The molecule has 0 heterocycles. The van der Waals surface area contributed by atoms with Crippen molar-refractivity contribution in [2.75, 3.05) is 19.0 Å². The maximum atomic E-state index is 13.0. The quantitative estimate of drug-likeness (QED) is 0.596. The van der Waals surface area contributed by atoms with Gasteiger partial charge in [0.1, 0.15) is 5.75 Å². The highest BCUT2D eigenvalue weighted by Gasteiger charge is 2.17. The van der Waals surface area contributed by atoms with E-state index in [0.717, 1.165) is 16.7 Å². The number of esters is 1. The number of anilines is 1. The van der Waals surface area contributed by atoms with Crippen molar-refractivity contribution in [3.63, 3.8) is 0 Å². The van der Waals surface area contributed by atoms with Crippen LogP contribution < -0.4 is 10.1 Å². The lowest BCUT2D eigenvalue weighted by Crippen LogP contribution is -2.16. The molecule has 0 saturated heterocycles. The van der Waals surface area contributed by atoms with Crippen molar-refractivity contribution in [3.8, 4) is 16.9 Å². The van der Waals surface area contributed by atoms with Gasteiger partial charge in [0.05, 0.1) is 25.0 Å². The Bertz CT molecular complexity index is 1030. The number of hydrogen-bond acceptors (Lipinski definition) is 4. The molecule has 3 rings (SSSR count). The van der Waals surface area contributed by atoms with Crippen molar-refractivity contribution < 1.29 is 19.1 Å². The van der Waals surface area contributed by atoms with E-state index in [1.807, 2.05) is 62.4 Å².